The number of hydrogen-bond acceptors (Lipinski definition) is 8. The first-order valence-corrected chi connectivity index (χ1v) is 11.7. The van der Waals surface area contributed by atoms with Crippen molar-refractivity contribution in [2.45, 2.75) is 63.7 Å². The normalized spacial score (nSPS) is 20.2. The minimum absolute atomic E-state index is 0.0266. The summed E-state index contributed by atoms with van der Waals surface area (Å²) in [7, 11) is -4.06. The van der Waals surface area contributed by atoms with E-state index in [4.69, 9.17) is 9.26 Å². The van der Waals surface area contributed by atoms with E-state index in [2.05, 4.69) is 10.5 Å². The summed E-state index contributed by atoms with van der Waals surface area (Å²) in [5, 5.41) is 16.3. The number of hydrogen-bond donors (Lipinski definition) is 2. The van der Waals surface area contributed by atoms with Gasteiger partial charge in [0.05, 0.1) is 11.0 Å². The highest BCUT2D eigenvalue weighted by Gasteiger charge is 2.45. The molecule has 1 fully saturated rings. The van der Waals surface area contributed by atoms with Crippen molar-refractivity contribution in [2.24, 2.45) is 0 Å². The third kappa shape index (κ3) is 5.00. The van der Waals surface area contributed by atoms with Gasteiger partial charge in [0, 0.05) is 19.0 Å². The van der Waals surface area contributed by atoms with Crippen LogP contribution in [0.3, 0.4) is 0 Å². The van der Waals surface area contributed by atoms with Gasteiger partial charge in [0.2, 0.25) is 10.0 Å². The van der Waals surface area contributed by atoms with Gasteiger partial charge in [-0.3, -0.25) is 9.59 Å². The highest BCUT2D eigenvalue weighted by atomic mass is 32.2. The number of aliphatic hydroxyl groups excluding tert-OH is 1. The van der Waals surface area contributed by atoms with E-state index in [-0.39, 0.29) is 30.1 Å². The van der Waals surface area contributed by atoms with Crippen molar-refractivity contribution in [3.8, 4) is 0 Å². The van der Waals surface area contributed by atoms with E-state index in [0.717, 1.165) is 15.4 Å². The summed E-state index contributed by atoms with van der Waals surface area (Å²) < 4.78 is 37.6. The van der Waals surface area contributed by atoms with E-state index in [9.17, 15) is 23.1 Å². The molecule has 1 aromatic carbocycles. The molecule has 174 valence electrons. The first kappa shape index (κ1) is 23.9. The van der Waals surface area contributed by atoms with Crippen LogP contribution in [0.25, 0.3) is 0 Å². The topological polar surface area (TPSA) is 139 Å². The highest BCUT2D eigenvalue weighted by molar-refractivity contribution is 7.89. The molecule has 10 nitrogen and oxygen atoms in total. The van der Waals surface area contributed by atoms with Crippen LogP contribution in [-0.2, 0) is 24.3 Å². The molecule has 1 saturated heterocycles. The lowest BCUT2D eigenvalue weighted by Crippen LogP contribution is -2.44. The first-order valence-electron chi connectivity index (χ1n) is 10.2. The molecule has 0 aliphatic carbocycles. The maximum Gasteiger partial charge on any atom is 0.325 e. The van der Waals surface area contributed by atoms with Gasteiger partial charge < -0.3 is 19.7 Å². The van der Waals surface area contributed by atoms with Crippen LogP contribution >= 0.6 is 0 Å². The third-order valence-corrected chi connectivity index (χ3v) is 7.26. The number of ether oxygens (including phenoxy) is 1. The minimum atomic E-state index is -4.06. The maximum atomic E-state index is 13.2. The summed E-state index contributed by atoms with van der Waals surface area (Å²) in [5.41, 5.74) is 1.72. The standard InChI is InChI=1S/C21H27N3O7S/c1-5-18(20(26)22-19-9-14(4)31-23-19)30-21(27)17-10-15(25)11-24(17)32(28,29)16-7-6-12(2)13(3)8-16/h6-9,15,17-18,25H,5,10-11H2,1-4H3,(H,22,23,26)/t15?,17-,18?/m0/s1. The molecule has 3 rings (SSSR count). The molecule has 0 saturated carbocycles. The number of carbonyl (C=O) groups is 2. The number of aliphatic hydroxyl groups is 1. The average Bonchev–Trinajstić information content (AvgIpc) is 3.33. The van der Waals surface area contributed by atoms with Gasteiger partial charge in [-0.05, 0) is 50.5 Å². The summed E-state index contributed by atoms with van der Waals surface area (Å²) in [5.74, 6) is -0.835. The summed E-state index contributed by atoms with van der Waals surface area (Å²) >= 11 is 0. The van der Waals surface area contributed by atoms with Gasteiger partial charge >= 0.3 is 5.97 Å². The Morgan fingerprint density at radius 3 is 2.59 bits per heavy atom. The molecule has 2 aromatic rings. The highest BCUT2D eigenvalue weighted by Crippen LogP contribution is 2.28. The van der Waals surface area contributed by atoms with Crippen LogP contribution < -0.4 is 5.32 Å². The molecule has 2 N–H and O–H groups in total. The number of aryl methyl sites for hydroxylation is 3. The number of carbonyl (C=O) groups excluding carboxylic acids is 2. The SMILES string of the molecule is CCC(OC(=O)[C@@H]1CC(O)CN1S(=O)(=O)c1ccc(C)c(C)c1)C(=O)Nc1cc(C)on1. The van der Waals surface area contributed by atoms with E-state index >= 15 is 0 Å². The van der Waals surface area contributed by atoms with E-state index in [1.54, 1.807) is 26.8 Å². The number of rotatable bonds is 7. The number of benzene rings is 1. The first-order chi connectivity index (χ1) is 15.0. The number of sulfonamides is 1. The Bertz CT molecular complexity index is 1110. The summed E-state index contributed by atoms with van der Waals surface area (Å²) in [4.78, 5) is 25.4. The van der Waals surface area contributed by atoms with Gasteiger partial charge in [0.15, 0.2) is 11.9 Å². The van der Waals surface area contributed by atoms with Crippen molar-refractivity contribution in [1.82, 2.24) is 9.46 Å². The molecular formula is C21H27N3O7S. The smallest absolute Gasteiger partial charge is 0.325 e. The molecule has 1 amide bonds. The zero-order valence-corrected chi connectivity index (χ0v) is 19.2. The molecule has 1 aliphatic heterocycles. The Balaban J connectivity index is 1.77. The van der Waals surface area contributed by atoms with Crippen molar-refractivity contribution in [2.75, 3.05) is 11.9 Å². The molecule has 0 radical (unpaired) electrons. The summed E-state index contributed by atoms with van der Waals surface area (Å²) in [6.45, 7) is 6.73. The molecule has 32 heavy (non-hydrogen) atoms. The van der Waals surface area contributed by atoms with Gasteiger partial charge in [-0.2, -0.15) is 4.31 Å². The second kappa shape index (κ2) is 9.39. The number of β-amino-alcohol motifs (C(OH)–C–C–N with tert-alkyl or cyclic N) is 1. The number of esters is 1. The van der Waals surface area contributed by atoms with E-state index in [1.165, 1.54) is 18.2 Å². The van der Waals surface area contributed by atoms with Crippen LogP contribution in [0.1, 0.15) is 36.7 Å². The summed E-state index contributed by atoms with van der Waals surface area (Å²) in [6.07, 6.45) is -2.15. The van der Waals surface area contributed by atoms with Crippen LogP contribution in [0.15, 0.2) is 33.7 Å². The molecular weight excluding hydrogens is 438 g/mol. The van der Waals surface area contributed by atoms with Crippen LogP contribution in [0.2, 0.25) is 0 Å². The van der Waals surface area contributed by atoms with Crippen molar-refractivity contribution < 1.29 is 32.4 Å². The number of nitrogens with zero attached hydrogens (tertiary/aromatic N) is 2. The molecule has 1 aliphatic rings. The number of aromatic nitrogens is 1. The Kier molecular flexibility index (Phi) is 7.01. The Morgan fingerprint density at radius 1 is 1.28 bits per heavy atom. The number of anilines is 1. The largest absolute Gasteiger partial charge is 0.451 e. The van der Waals surface area contributed by atoms with Crippen molar-refractivity contribution >= 4 is 27.7 Å². The molecule has 2 unspecified atom stereocenters. The maximum absolute atomic E-state index is 13.2. The van der Waals surface area contributed by atoms with Gasteiger partial charge in [0.25, 0.3) is 5.91 Å². The lowest BCUT2D eigenvalue weighted by molar-refractivity contribution is -0.157. The lowest BCUT2D eigenvalue weighted by Gasteiger charge is -2.24. The fourth-order valence-corrected chi connectivity index (χ4v) is 5.16. The molecule has 1 aromatic heterocycles. The molecule has 2 heterocycles. The second-order valence-corrected chi connectivity index (χ2v) is 9.76. The van der Waals surface area contributed by atoms with E-state index in [1.807, 2.05) is 6.92 Å². The number of amides is 1. The van der Waals surface area contributed by atoms with Crippen molar-refractivity contribution in [1.29, 1.82) is 0 Å². The third-order valence-electron chi connectivity index (χ3n) is 5.39. The molecule has 3 atom stereocenters. The van der Waals surface area contributed by atoms with Crippen LogP contribution in [0, 0.1) is 20.8 Å². The quantitative estimate of drug-likeness (QED) is 0.589. The Labute approximate surface area is 186 Å². The van der Waals surface area contributed by atoms with E-state index < -0.39 is 40.1 Å². The minimum Gasteiger partial charge on any atom is -0.451 e. The monoisotopic (exact) mass is 465 g/mol. The molecule has 0 bridgehead atoms. The van der Waals surface area contributed by atoms with Gasteiger partial charge in [-0.25, -0.2) is 8.42 Å². The predicted molar refractivity (Wildman–Crippen MR) is 114 cm³/mol. The fraction of sp³-hybridized carbons (Fsp3) is 0.476. The Hall–Kier alpha value is -2.76. The average molecular weight is 466 g/mol. The zero-order chi connectivity index (χ0) is 23.6. The van der Waals surface area contributed by atoms with Gasteiger partial charge in [-0.15, -0.1) is 0 Å². The van der Waals surface area contributed by atoms with E-state index in [0.29, 0.717) is 5.76 Å². The van der Waals surface area contributed by atoms with Gasteiger partial charge in [0.1, 0.15) is 11.8 Å². The predicted octanol–water partition coefficient (Wildman–Crippen LogP) is 1.68. The molecule has 0 spiro atoms. The van der Waals surface area contributed by atoms with Crippen LogP contribution in [0.4, 0.5) is 5.82 Å². The zero-order valence-electron chi connectivity index (χ0n) is 18.4. The van der Waals surface area contributed by atoms with Crippen LogP contribution in [-0.4, -0.2) is 59.7 Å². The summed E-state index contributed by atoms with van der Waals surface area (Å²) in [6, 6.07) is 4.95. The van der Waals surface area contributed by atoms with Crippen molar-refractivity contribution in [3.05, 3.63) is 41.2 Å². The second-order valence-electron chi connectivity index (χ2n) is 7.87. The van der Waals surface area contributed by atoms with Gasteiger partial charge in [-0.1, -0.05) is 18.1 Å². The lowest BCUT2D eigenvalue weighted by atomic mass is 10.1. The fourth-order valence-electron chi connectivity index (χ4n) is 3.45. The molecule has 11 heteroatoms. The Morgan fingerprint density at radius 2 is 2.00 bits per heavy atom. The van der Waals surface area contributed by atoms with Crippen molar-refractivity contribution in [3.63, 3.8) is 0 Å². The van der Waals surface area contributed by atoms with Crippen LogP contribution in [0.5, 0.6) is 0 Å². The number of nitrogens with one attached hydrogen (secondary N) is 1.